The summed E-state index contributed by atoms with van der Waals surface area (Å²) in [5.74, 6) is -0.131. The Balaban J connectivity index is 2.02. The first-order valence-corrected chi connectivity index (χ1v) is 4.67. The van der Waals surface area contributed by atoms with Gasteiger partial charge >= 0.3 is 5.97 Å². The quantitative estimate of drug-likeness (QED) is 0.581. The van der Waals surface area contributed by atoms with E-state index < -0.39 is 0 Å². The lowest BCUT2D eigenvalue weighted by atomic mass is 9.68. The molecular weight excluding hydrogens is 170 g/mol. The third-order valence-corrected chi connectivity index (χ3v) is 3.20. The van der Waals surface area contributed by atoms with Crippen LogP contribution in [0.1, 0.15) is 12.8 Å². The molecule has 1 atom stereocenters. The Hall–Kier alpha value is -0.610. The predicted octanol–water partition coefficient (Wildman–Crippen LogP) is -0.0720. The summed E-state index contributed by atoms with van der Waals surface area (Å²) in [6, 6.07) is -0.0959. The van der Waals surface area contributed by atoms with Crippen LogP contribution in [0.15, 0.2) is 0 Å². The molecule has 2 aliphatic rings. The molecule has 0 aromatic carbocycles. The van der Waals surface area contributed by atoms with E-state index >= 15 is 0 Å². The van der Waals surface area contributed by atoms with E-state index in [1.807, 2.05) is 0 Å². The SMILES string of the molecule is COC(=O)[C@@H]1NCC12CCOCC2. The monoisotopic (exact) mass is 185 g/mol. The van der Waals surface area contributed by atoms with Crippen molar-refractivity contribution in [3.63, 3.8) is 0 Å². The Morgan fingerprint density at radius 2 is 2.23 bits per heavy atom. The summed E-state index contributed by atoms with van der Waals surface area (Å²) in [5.41, 5.74) is 0.130. The van der Waals surface area contributed by atoms with Gasteiger partial charge in [-0.1, -0.05) is 0 Å². The standard InChI is InChI=1S/C9H15NO3/c1-12-8(11)7-9(6-10-7)2-4-13-5-3-9/h7,10H,2-6H2,1H3/t7-/m0/s1. The molecule has 2 heterocycles. The van der Waals surface area contributed by atoms with Gasteiger partial charge in [0, 0.05) is 25.2 Å². The van der Waals surface area contributed by atoms with Crippen molar-refractivity contribution in [2.45, 2.75) is 18.9 Å². The lowest BCUT2D eigenvalue weighted by molar-refractivity contribution is -0.156. The number of carbonyl (C=O) groups is 1. The Bertz CT molecular complexity index is 211. The van der Waals surface area contributed by atoms with E-state index in [0.717, 1.165) is 32.6 Å². The van der Waals surface area contributed by atoms with Gasteiger partial charge in [-0.15, -0.1) is 0 Å². The zero-order chi connectivity index (χ0) is 9.31. The summed E-state index contributed by atoms with van der Waals surface area (Å²) < 4.78 is 10.0. The molecule has 1 N–H and O–H groups in total. The molecule has 0 unspecified atom stereocenters. The number of hydrogen-bond acceptors (Lipinski definition) is 4. The lowest BCUT2D eigenvalue weighted by Crippen LogP contribution is -2.67. The molecule has 0 bridgehead atoms. The van der Waals surface area contributed by atoms with Gasteiger partial charge in [0.25, 0.3) is 0 Å². The topological polar surface area (TPSA) is 47.6 Å². The highest BCUT2D eigenvalue weighted by molar-refractivity contribution is 5.78. The summed E-state index contributed by atoms with van der Waals surface area (Å²) >= 11 is 0. The van der Waals surface area contributed by atoms with Crippen LogP contribution in [-0.4, -0.2) is 38.9 Å². The molecule has 4 nitrogen and oxygen atoms in total. The Morgan fingerprint density at radius 1 is 1.54 bits per heavy atom. The van der Waals surface area contributed by atoms with Crippen LogP contribution in [0, 0.1) is 5.41 Å². The number of carbonyl (C=O) groups excluding carboxylic acids is 1. The van der Waals surface area contributed by atoms with Gasteiger partial charge < -0.3 is 14.8 Å². The van der Waals surface area contributed by atoms with Gasteiger partial charge in [0.05, 0.1) is 7.11 Å². The van der Waals surface area contributed by atoms with Crippen LogP contribution in [0.3, 0.4) is 0 Å². The van der Waals surface area contributed by atoms with Gasteiger partial charge in [0.15, 0.2) is 0 Å². The fourth-order valence-corrected chi connectivity index (χ4v) is 2.19. The lowest BCUT2D eigenvalue weighted by Gasteiger charge is -2.50. The van der Waals surface area contributed by atoms with E-state index in [9.17, 15) is 4.79 Å². The second-order valence-electron chi connectivity index (χ2n) is 3.81. The number of methoxy groups -OCH3 is 1. The third-order valence-electron chi connectivity index (χ3n) is 3.20. The van der Waals surface area contributed by atoms with Gasteiger partial charge in [-0.25, -0.2) is 0 Å². The average molecular weight is 185 g/mol. The molecule has 0 aliphatic carbocycles. The van der Waals surface area contributed by atoms with Gasteiger partial charge in [-0.3, -0.25) is 4.79 Å². The van der Waals surface area contributed by atoms with Crippen LogP contribution in [0.25, 0.3) is 0 Å². The number of nitrogens with one attached hydrogen (secondary N) is 1. The number of hydrogen-bond donors (Lipinski definition) is 1. The van der Waals surface area contributed by atoms with Crippen molar-refractivity contribution >= 4 is 5.97 Å². The maximum Gasteiger partial charge on any atom is 0.323 e. The summed E-state index contributed by atoms with van der Waals surface area (Å²) in [7, 11) is 1.44. The predicted molar refractivity (Wildman–Crippen MR) is 46.3 cm³/mol. The second kappa shape index (κ2) is 3.27. The van der Waals surface area contributed by atoms with Crippen molar-refractivity contribution in [3.8, 4) is 0 Å². The van der Waals surface area contributed by atoms with Crippen molar-refractivity contribution in [1.29, 1.82) is 0 Å². The molecule has 0 aromatic heterocycles. The Morgan fingerprint density at radius 3 is 2.69 bits per heavy atom. The molecular formula is C9H15NO3. The molecule has 0 amide bonds. The first kappa shape index (κ1) is 8.97. The largest absolute Gasteiger partial charge is 0.468 e. The highest BCUT2D eigenvalue weighted by Gasteiger charge is 2.51. The van der Waals surface area contributed by atoms with Crippen molar-refractivity contribution in [2.75, 3.05) is 26.9 Å². The summed E-state index contributed by atoms with van der Waals surface area (Å²) in [4.78, 5) is 11.3. The minimum absolute atomic E-state index is 0.0959. The molecule has 74 valence electrons. The number of ether oxygens (including phenoxy) is 2. The van der Waals surface area contributed by atoms with Crippen LogP contribution >= 0.6 is 0 Å². The van der Waals surface area contributed by atoms with Gasteiger partial charge in [-0.05, 0) is 12.8 Å². The molecule has 2 rings (SSSR count). The maximum atomic E-state index is 11.3. The normalized spacial score (nSPS) is 31.0. The Labute approximate surface area is 77.6 Å². The minimum atomic E-state index is -0.131. The van der Waals surface area contributed by atoms with Crippen molar-refractivity contribution in [1.82, 2.24) is 5.32 Å². The zero-order valence-corrected chi connectivity index (χ0v) is 7.84. The molecule has 0 saturated carbocycles. The first-order valence-electron chi connectivity index (χ1n) is 4.67. The molecule has 2 fully saturated rings. The van der Waals surface area contributed by atoms with Crippen LogP contribution in [-0.2, 0) is 14.3 Å². The van der Waals surface area contributed by atoms with E-state index in [1.54, 1.807) is 0 Å². The van der Waals surface area contributed by atoms with E-state index in [-0.39, 0.29) is 17.4 Å². The average Bonchev–Trinajstić information content (AvgIpc) is 2.17. The summed E-state index contributed by atoms with van der Waals surface area (Å²) in [5, 5.41) is 3.13. The van der Waals surface area contributed by atoms with Crippen molar-refractivity contribution < 1.29 is 14.3 Å². The van der Waals surface area contributed by atoms with Crippen molar-refractivity contribution in [2.24, 2.45) is 5.41 Å². The van der Waals surface area contributed by atoms with Gasteiger partial charge in [0.1, 0.15) is 6.04 Å². The summed E-state index contributed by atoms with van der Waals surface area (Å²) in [6.07, 6.45) is 1.94. The van der Waals surface area contributed by atoms with Gasteiger partial charge in [0.2, 0.25) is 0 Å². The summed E-state index contributed by atoms with van der Waals surface area (Å²) in [6.45, 7) is 2.47. The highest BCUT2D eigenvalue weighted by Crippen LogP contribution is 2.39. The first-order chi connectivity index (χ1) is 6.28. The third kappa shape index (κ3) is 1.34. The fraction of sp³-hybridized carbons (Fsp3) is 0.889. The molecule has 2 saturated heterocycles. The van der Waals surface area contributed by atoms with Crippen molar-refractivity contribution in [3.05, 3.63) is 0 Å². The van der Waals surface area contributed by atoms with E-state index in [1.165, 1.54) is 7.11 Å². The van der Waals surface area contributed by atoms with E-state index in [2.05, 4.69) is 5.32 Å². The van der Waals surface area contributed by atoms with Crippen LogP contribution in [0.4, 0.5) is 0 Å². The molecule has 0 radical (unpaired) electrons. The zero-order valence-electron chi connectivity index (χ0n) is 7.84. The van der Waals surface area contributed by atoms with Crippen LogP contribution < -0.4 is 5.32 Å². The smallest absolute Gasteiger partial charge is 0.323 e. The van der Waals surface area contributed by atoms with Crippen LogP contribution in [0.2, 0.25) is 0 Å². The van der Waals surface area contributed by atoms with Gasteiger partial charge in [-0.2, -0.15) is 0 Å². The second-order valence-corrected chi connectivity index (χ2v) is 3.81. The molecule has 4 heteroatoms. The van der Waals surface area contributed by atoms with E-state index in [4.69, 9.17) is 9.47 Å². The number of esters is 1. The highest BCUT2D eigenvalue weighted by atomic mass is 16.5. The fourth-order valence-electron chi connectivity index (χ4n) is 2.19. The Kier molecular flexibility index (Phi) is 2.26. The van der Waals surface area contributed by atoms with Crippen LogP contribution in [0.5, 0.6) is 0 Å². The van der Waals surface area contributed by atoms with E-state index in [0.29, 0.717) is 0 Å². The maximum absolute atomic E-state index is 11.3. The molecule has 2 aliphatic heterocycles. The number of rotatable bonds is 1. The molecule has 0 aromatic rings. The minimum Gasteiger partial charge on any atom is -0.468 e. The molecule has 13 heavy (non-hydrogen) atoms. The molecule has 1 spiro atoms.